The molecule has 1 aliphatic rings. The topological polar surface area (TPSA) is 98.7 Å². The van der Waals surface area contributed by atoms with Crippen LogP contribution in [0.25, 0.3) is 0 Å². The van der Waals surface area contributed by atoms with Crippen LogP contribution in [-0.4, -0.2) is 22.2 Å². The van der Waals surface area contributed by atoms with E-state index < -0.39 is 11.9 Å². The normalized spacial score (nSPS) is 14.2. The molecule has 0 atom stereocenters. The first-order chi connectivity index (χ1) is 12.5. The SMILES string of the molecule is O=C(O)C1=C(Nc2ccccc2)CC(C(=O)O)=C(Nc2ccccc2)C1. The zero-order valence-electron chi connectivity index (χ0n) is 13.9. The zero-order valence-corrected chi connectivity index (χ0v) is 13.9. The molecule has 0 saturated carbocycles. The van der Waals surface area contributed by atoms with Gasteiger partial charge in [-0.05, 0) is 24.3 Å². The number of nitrogens with one attached hydrogen (secondary N) is 2. The van der Waals surface area contributed by atoms with Gasteiger partial charge in [-0.1, -0.05) is 36.4 Å². The summed E-state index contributed by atoms with van der Waals surface area (Å²) in [7, 11) is 0. The van der Waals surface area contributed by atoms with E-state index in [1.54, 1.807) is 24.3 Å². The second kappa shape index (κ2) is 7.57. The lowest BCUT2D eigenvalue weighted by molar-refractivity contribution is -0.134. The first kappa shape index (κ1) is 17.3. The lowest BCUT2D eigenvalue weighted by atomic mass is 9.92. The number of carboxylic acid groups (broad SMARTS) is 2. The van der Waals surface area contributed by atoms with Crippen molar-refractivity contribution in [2.75, 3.05) is 10.6 Å². The van der Waals surface area contributed by atoms with Gasteiger partial charge in [0.2, 0.25) is 0 Å². The molecule has 2 aromatic carbocycles. The summed E-state index contributed by atoms with van der Waals surface area (Å²) in [6.45, 7) is 0. The number of aliphatic carboxylic acids is 2. The minimum atomic E-state index is -1.07. The highest BCUT2D eigenvalue weighted by Gasteiger charge is 2.28. The van der Waals surface area contributed by atoms with E-state index in [1.165, 1.54) is 0 Å². The maximum absolute atomic E-state index is 11.7. The number of rotatable bonds is 6. The average molecular weight is 350 g/mol. The summed E-state index contributed by atoms with van der Waals surface area (Å²) < 4.78 is 0. The maximum atomic E-state index is 11.7. The number of hydrogen-bond acceptors (Lipinski definition) is 4. The van der Waals surface area contributed by atoms with Gasteiger partial charge in [0.05, 0.1) is 11.1 Å². The molecular formula is C20H18N2O4. The second-order valence-electron chi connectivity index (χ2n) is 5.86. The van der Waals surface area contributed by atoms with E-state index in [0.29, 0.717) is 22.8 Å². The predicted molar refractivity (Wildman–Crippen MR) is 98.7 cm³/mol. The van der Waals surface area contributed by atoms with Crippen LogP contribution in [0.3, 0.4) is 0 Å². The first-order valence-electron chi connectivity index (χ1n) is 8.09. The Labute approximate surface area is 150 Å². The van der Waals surface area contributed by atoms with E-state index in [9.17, 15) is 19.8 Å². The second-order valence-corrected chi connectivity index (χ2v) is 5.86. The number of carbonyl (C=O) groups is 2. The van der Waals surface area contributed by atoms with Crippen LogP contribution in [0.5, 0.6) is 0 Å². The van der Waals surface area contributed by atoms with Crippen molar-refractivity contribution in [2.45, 2.75) is 12.8 Å². The number of allylic oxidation sites excluding steroid dienone is 2. The Bertz CT molecular complexity index is 811. The molecule has 0 unspecified atom stereocenters. The number of para-hydroxylation sites is 2. The Morgan fingerprint density at radius 1 is 0.654 bits per heavy atom. The summed E-state index contributed by atoms with van der Waals surface area (Å²) in [5.41, 5.74) is 2.50. The van der Waals surface area contributed by atoms with Crippen LogP contribution in [-0.2, 0) is 9.59 Å². The summed E-state index contributed by atoms with van der Waals surface area (Å²) in [6.07, 6.45) is 0.00204. The molecule has 26 heavy (non-hydrogen) atoms. The molecule has 2 aromatic rings. The largest absolute Gasteiger partial charge is 0.478 e. The zero-order chi connectivity index (χ0) is 18.5. The molecule has 0 fully saturated rings. The molecule has 3 rings (SSSR count). The van der Waals surface area contributed by atoms with Gasteiger partial charge in [-0.15, -0.1) is 0 Å². The van der Waals surface area contributed by atoms with Crippen LogP contribution in [0.2, 0.25) is 0 Å². The van der Waals surface area contributed by atoms with Gasteiger partial charge in [-0.25, -0.2) is 9.59 Å². The van der Waals surface area contributed by atoms with Crippen LogP contribution in [0.1, 0.15) is 12.8 Å². The minimum Gasteiger partial charge on any atom is -0.478 e. The van der Waals surface area contributed by atoms with E-state index in [2.05, 4.69) is 10.6 Å². The fourth-order valence-corrected chi connectivity index (χ4v) is 2.82. The van der Waals surface area contributed by atoms with Crippen molar-refractivity contribution in [1.82, 2.24) is 0 Å². The highest BCUT2D eigenvalue weighted by atomic mass is 16.4. The molecule has 0 aliphatic heterocycles. The number of anilines is 2. The summed E-state index contributed by atoms with van der Waals surface area (Å²) >= 11 is 0. The van der Waals surface area contributed by atoms with Gasteiger partial charge in [-0.2, -0.15) is 0 Å². The van der Waals surface area contributed by atoms with Gasteiger partial charge in [0, 0.05) is 35.6 Å². The Hall–Kier alpha value is -3.54. The quantitative estimate of drug-likeness (QED) is 0.634. The smallest absolute Gasteiger partial charge is 0.333 e. The molecule has 132 valence electrons. The van der Waals surface area contributed by atoms with E-state index in [0.717, 1.165) is 0 Å². The highest BCUT2D eigenvalue weighted by molar-refractivity contribution is 5.95. The van der Waals surface area contributed by atoms with Crippen LogP contribution in [0.15, 0.2) is 83.2 Å². The van der Waals surface area contributed by atoms with Crippen molar-refractivity contribution in [3.63, 3.8) is 0 Å². The van der Waals surface area contributed by atoms with E-state index >= 15 is 0 Å². The van der Waals surface area contributed by atoms with Crippen molar-refractivity contribution in [1.29, 1.82) is 0 Å². The van der Waals surface area contributed by atoms with Crippen molar-refractivity contribution < 1.29 is 19.8 Å². The van der Waals surface area contributed by atoms with Gasteiger partial charge in [-0.3, -0.25) is 0 Å². The Kier molecular flexibility index (Phi) is 5.03. The Morgan fingerprint density at radius 3 is 1.31 bits per heavy atom. The monoisotopic (exact) mass is 350 g/mol. The third kappa shape index (κ3) is 3.92. The van der Waals surface area contributed by atoms with E-state index in [1.807, 2.05) is 36.4 Å². The molecular weight excluding hydrogens is 332 g/mol. The molecule has 0 heterocycles. The summed E-state index contributed by atoms with van der Waals surface area (Å²) in [5, 5.41) is 25.3. The maximum Gasteiger partial charge on any atom is 0.333 e. The molecule has 0 bridgehead atoms. The predicted octanol–water partition coefficient (Wildman–Crippen LogP) is 3.68. The molecule has 4 N–H and O–H groups in total. The van der Waals surface area contributed by atoms with Crippen LogP contribution in [0.4, 0.5) is 11.4 Å². The van der Waals surface area contributed by atoms with E-state index in [4.69, 9.17) is 0 Å². The van der Waals surface area contributed by atoms with Crippen molar-refractivity contribution in [3.05, 3.63) is 83.2 Å². The van der Waals surface area contributed by atoms with Crippen LogP contribution in [0, 0.1) is 0 Å². The molecule has 6 nitrogen and oxygen atoms in total. The molecule has 0 spiro atoms. The number of carboxylic acids is 2. The average Bonchev–Trinajstić information content (AvgIpc) is 2.64. The Balaban J connectivity index is 1.93. The Morgan fingerprint density at radius 2 is 1.00 bits per heavy atom. The standard InChI is InChI=1S/C20H18N2O4/c23-19(24)15-12-18(22-14-9-5-2-6-10-14)16(20(25)26)11-17(15)21-13-7-3-1-4-8-13/h1-10,21-22H,11-12H2,(H,23,24)(H,25,26). The number of benzene rings is 2. The summed E-state index contributed by atoms with van der Waals surface area (Å²) in [5.74, 6) is -2.14. The molecule has 0 amide bonds. The fourth-order valence-electron chi connectivity index (χ4n) is 2.82. The van der Waals surface area contributed by atoms with Gasteiger partial charge in [0.25, 0.3) is 0 Å². The van der Waals surface area contributed by atoms with Gasteiger partial charge in [0.1, 0.15) is 0 Å². The van der Waals surface area contributed by atoms with E-state index in [-0.39, 0.29) is 24.0 Å². The van der Waals surface area contributed by atoms with Crippen LogP contribution >= 0.6 is 0 Å². The lowest BCUT2D eigenvalue weighted by Crippen LogP contribution is -2.23. The first-order valence-corrected chi connectivity index (χ1v) is 8.09. The van der Waals surface area contributed by atoms with Crippen molar-refractivity contribution in [3.8, 4) is 0 Å². The summed E-state index contributed by atoms with van der Waals surface area (Å²) in [6, 6.07) is 18.2. The third-order valence-corrected chi connectivity index (χ3v) is 4.09. The number of hydrogen-bond donors (Lipinski definition) is 4. The molecule has 0 saturated heterocycles. The van der Waals surface area contributed by atoms with Crippen molar-refractivity contribution in [2.24, 2.45) is 0 Å². The minimum absolute atomic E-state index is 0.00102. The fraction of sp³-hybridized carbons (Fsp3) is 0.100. The molecule has 0 aromatic heterocycles. The molecule has 0 radical (unpaired) electrons. The van der Waals surface area contributed by atoms with Gasteiger partial charge < -0.3 is 20.8 Å². The molecule has 1 aliphatic carbocycles. The van der Waals surface area contributed by atoms with Crippen LogP contribution < -0.4 is 10.6 Å². The van der Waals surface area contributed by atoms with Gasteiger partial charge in [0.15, 0.2) is 0 Å². The lowest BCUT2D eigenvalue weighted by Gasteiger charge is -2.24. The summed E-state index contributed by atoms with van der Waals surface area (Å²) in [4.78, 5) is 23.5. The third-order valence-electron chi connectivity index (χ3n) is 4.09. The van der Waals surface area contributed by atoms with Gasteiger partial charge >= 0.3 is 11.9 Å². The van der Waals surface area contributed by atoms with Crippen molar-refractivity contribution >= 4 is 23.3 Å². The molecule has 6 heteroatoms. The highest BCUT2D eigenvalue weighted by Crippen LogP contribution is 2.32.